The first kappa shape index (κ1) is 41.5. The van der Waals surface area contributed by atoms with E-state index in [1.54, 1.807) is 38.9 Å². The predicted molar refractivity (Wildman–Crippen MR) is 222 cm³/mol. The predicted octanol–water partition coefficient (Wildman–Crippen LogP) is 7.67. The second kappa shape index (κ2) is 17.4. The highest BCUT2D eigenvalue weighted by atomic mass is 79.9. The first-order valence-corrected chi connectivity index (χ1v) is 20.8. The van der Waals surface area contributed by atoms with Crippen LogP contribution in [0, 0.1) is 6.92 Å². The summed E-state index contributed by atoms with van der Waals surface area (Å²) in [5, 5.41) is 1.63. The van der Waals surface area contributed by atoms with Crippen molar-refractivity contribution in [2.24, 2.45) is 0 Å². The van der Waals surface area contributed by atoms with E-state index in [0.29, 0.717) is 15.7 Å². The van der Waals surface area contributed by atoms with Crippen molar-refractivity contribution in [1.82, 2.24) is 29.1 Å². The summed E-state index contributed by atoms with van der Waals surface area (Å²) in [5.41, 5.74) is 6.09. The molecule has 0 aromatic carbocycles. The van der Waals surface area contributed by atoms with Gasteiger partial charge in [-0.3, -0.25) is 28.7 Å². The maximum absolute atomic E-state index is 12.5. The maximum Gasteiger partial charge on any atom is 0.426 e. The molecular formula is C36H48B3BrN6O5S2. The van der Waals surface area contributed by atoms with E-state index in [2.05, 4.69) is 72.4 Å². The molecule has 1 saturated heterocycles. The van der Waals surface area contributed by atoms with Gasteiger partial charge in [0, 0.05) is 75.9 Å². The summed E-state index contributed by atoms with van der Waals surface area (Å²) in [7, 11) is -0.406. The maximum atomic E-state index is 12.5. The molecule has 0 aliphatic carbocycles. The lowest BCUT2D eigenvalue weighted by Crippen LogP contribution is -2.44. The Hall–Kier alpha value is -2.69. The molecule has 7 rings (SSSR count). The molecule has 53 heavy (non-hydrogen) atoms. The van der Waals surface area contributed by atoms with Gasteiger partial charge in [-0.05, 0) is 80.4 Å². The van der Waals surface area contributed by atoms with E-state index in [0.717, 1.165) is 76.0 Å². The summed E-state index contributed by atoms with van der Waals surface area (Å²) >= 11 is 6.72. The minimum Gasteiger partial charge on any atom is -0.453 e. The number of pyridine rings is 2. The number of halogens is 1. The molecule has 11 nitrogen and oxygen atoms in total. The molecule has 0 unspecified atom stereocenters. The summed E-state index contributed by atoms with van der Waals surface area (Å²) in [5.74, 6) is 2.03. The summed E-state index contributed by atoms with van der Waals surface area (Å²) in [6.45, 7) is 21.8. The minimum absolute atomic E-state index is 0.00732. The van der Waals surface area contributed by atoms with Crippen molar-refractivity contribution in [3.63, 3.8) is 0 Å². The largest absolute Gasteiger partial charge is 0.453 e. The van der Waals surface area contributed by atoms with Gasteiger partial charge in [-0.15, -0.1) is 0 Å². The van der Waals surface area contributed by atoms with Crippen LogP contribution in [-0.4, -0.2) is 61.9 Å². The van der Waals surface area contributed by atoms with E-state index in [1.807, 2.05) is 57.9 Å². The number of thioether (sulfide) groups is 2. The van der Waals surface area contributed by atoms with E-state index in [-0.39, 0.29) is 43.3 Å². The number of aromatic nitrogens is 6. The zero-order valence-electron chi connectivity index (χ0n) is 32.4. The topological polar surface area (TPSA) is 123 Å². The van der Waals surface area contributed by atoms with E-state index < -0.39 is 0 Å². The van der Waals surface area contributed by atoms with Crippen LogP contribution in [0.1, 0.15) is 71.3 Å². The molecule has 0 N–H and O–H groups in total. The van der Waals surface area contributed by atoms with Crippen molar-refractivity contribution >= 4 is 60.8 Å². The standard InChI is InChI=1S/C17H21N3OS.C16H18BrN3OS.C3H9B3O3/c1-11-14(12-6-7-13(18-10-12)17(2,3)4)19-16-20(15(11)21)8-5-9-22-16;1-16(2,3)11-6-5-10(9-18-11)13-12(17)14(21)20-7-4-8-22-15(20)19-13;1-4-7-5(2)9-6(3)8-4/h6-7,10H,5,8-9H2,1-4H3;5-6,9H,4,7-8H2,1-3H3;1-3H3. The highest BCUT2D eigenvalue weighted by Gasteiger charge is 2.31. The van der Waals surface area contributed by atoms with Gasteiger partial charge < -0.3 is 13.7 Å². The monoisotopic (exact) mass is 820 g/mol. The van der Waals surface area contributed by atoms with Gasteiger partial charge in [-0.2, -0.15) is 0 Å². The summed E-state index contributed by atoms with van der Waals surface area (Å²) < 4.78 is 19.4. The van der Waals surface area contributed by atoms with Crippen molar-refractivity contribution in [3.05, 3.63) is 78.8 Å². The molecule has 17 heteroatoms. The van der Waals surface area contributed by atoms with Gasteiger partial charge in [-0.25, -0.2) is 9.97 Å². The van der Waals surface area contributed by atoms with Crippen molar-refractivity contribution in [2.45, 2.75) is 116 Å². The van der Waals surface area contributed by atoms with Gasteiger partial charge >= 0.3 is 21.4 Å². The summed E-state index contributed by atoms with van der Waals surface area (Å²) in [4.78, 5) is 43.5. The molecule has 3 aliphatic rings. The fourth-order valence-corrected chi connectivity index (χ4v) is 8.28. The number of fused-ring (bicyclic) bond motifs is 2. The normalized spacial score (nSPS) is 15.8. The Morgan fingerprint density at radius 3 is 1.51 bits per heavy atom. The number of hydrogen-bond donors (Lipinski definition) is 0. The smallest absolute Gasteiger partial charge is 0.426 e. The van der Waals surface area contributed by atoms with E-state index in [9.17, 15) is 9.59 Å². The molecule has 3 aliphatic heterocycles. The van der Waals surface area contributed by atoms with Gasteiger partial charge in [0.05, 0.1) is 11.4 Å². The van der Waals surface area contributed by atoms with Gasteiger partial charge in [0.2, 0.25) is 0 Å². The molecule has 0 atom stereocenters. The molecule has 7 heterocycles. The first-order valence-electron chi connectivity index (χ1n) is 18.0. The Balaban J connectivity index is 0.000000167. The van der Waals surface area contributed by atoms with Gasteiger partial charge in [0.25, 0.3) is 11.1 Å². The average Bonchev–Trinajstić information content (AvgIpc) is 3.11. The van der Waals surface area contributed by atoms with Crippen LogP contribution >= 0.6 is 39.5 Å². The van der Waals surface area contributed by atoms with Crippen LogP contribution < -0.4 is 11.1 Å². The third-order valence-corrected chi connectivity index (χ3v) is 11.6. The lowest BCUT2D eigenvalue weighted by molar-refractivity contribution is 0.294. The Kier molecular flexibility index (Phi) is 13.6. The average molecular weight is 821 g/mol. The van der Waals surface area contributed by atoms with Crippen LogP contribution in [0.2, 0.25) is 20.5 Å². The Morgan fingerprint density at radius 2 is 1.09 bits per heavy atom. The van der Waals surface area contributed by atoms with Crippen molar-refractivity contribution < 1.29 is 13.7 Å². The van der Waals surface area contributed by atoms with E-state index in [1.165, 1.54) is 0 Å². The Labute approximate surface area is 330 Å². The fourth-order valence-electron chi connectivity index (χ4n) is 5.86. The third-order valence-electron chi connectivity index (χ3n) is 8.71. The summed E-state index contributed by atoms with van der Waals surface area (Å²) in [6.07, 6.45) is 5.67. The lowest BCUT2D eigenvalue weighted by atomic mass is 9.74. The number of rotatable bonds is 2. The van der Waals surface area contributed by atoms with Crippen LogP contribution in [-0.2, 0) is 37.6 Å². The molecule has 1 fully saturated rings. The second-order valence-corrected chi connectivity index (χ2v) is 18.1. The third kappa shape index (κ3) is 10.3. The molecule has 4 aromatic heterocycles. The van der Waals surface area contributed by atoms with Crippen LogP contribution in [0.25, 0.3) is 22.5 Å². The van der Waals surface area contributed by atoms with Crippen LogP contribution in [0.5, 0.6) is 0 Å². The molecule has 0 spiro atoms. The summed E-state index contributed by atoms with van der Waals surface area (Å²) in [6, 6.07) is 8.05. The van der Waals surface area contributed by atoms with Crippen molar-refractivity contribution in [3.8, 4) is 22.5 Å². The molecule has 0 radical (unpaired) electrons. The number of nitrogens with zero attached hydrogens (tertiary/aromatic N) is 6. The second-order valence-electron chi connectivity index (χ2n) is 15.2. The lowest BCUT2D eigenvalue weighted by Gasteiger charge is -2.25. The SMILES string of the molecule is CB1OB(C)OB(C)O1.CC(C)(C)c1ccc(-c2nc3n(c(=O)c2Br)CCCS3)cn1.Cc1c(-c2ccc(C(C)(C)C)nc2)nc2n(c1=O)CCCS2. The number of hydrogen-bond acceptors (Lipinski definition) is 11. The van der Waals surface area contributed by atoms with Gasteiger partial charge in [-0.1, -0.05) is 65.1 Å². The zero-order valence-corrected chi connectivity index (χ0v) is 35.6. The van der Waals surface area contributed by atoms with Gasteiger partial charge in [0.15, 0.2) is 10.3 Å². The molecule has 4 aromatic rings. The van der Waals surface area contributed by atoms with E-state index >= 15 is 0 Å². The minimum atomic E-state index is -0.135. The van der Waals surface area contributed by atoms with Gasteiger partial charge in [0.1, 0.15) is 4.47 Å². The van der Waals surface area contributed by atoms with Crippen LogP contribution in [0.3, 0.4) is 0 Å². The highest BCUT2D eigenvalue weighted by Crippen LogP contribution is 2.31. The van der Waals surface area contributed by atoms with Crippen LogP contribution in [0.15, 0.2) is 61.0 Å². The molecule has 280 valence electrons. The first-order chi connectivity index (χ1) is 24.9. The highest BCUT2D eigenvalue weighted by molar-refractivity contribution is 9.10. The Bertz CT molecular complexity index is 1860. The van der Waals surface area contributed by atoms with Crippen molar-refractivity contribution in [2.75, 3.05) is 11.5 Å². The Morgan fingerprint density at radius 1 is 0.679 bits per heavy atom. The van der Waals surface area contributed by atoms with E-state index in [4.69, 9.17) is 18.7 Å². The van der Waals surface area contributed by atoms with Crippen LogP contribution in [0.4, 0.5) is 0 Å². The fraction of sp³-hybridized carbons (Fsp3) is 0.500. The molecule has 0 saturated carbocycles. The van der Waals surface area contributed by atoms with Crippen molar-refractivity contribution in [1.29, 1.82) is 0 Å². The molecular weight excluding hydrogens is 773 g/mol. The quantitative estimate of drug-likeness (QED) is 0.146. The molecule has 0 bridgehead atoms. The molecule has 0 amide bonds. The zero-order chi connectivity index (χ0) is 38.7.